The second kappa shape index (κ2) is 4.11. The van der Waals surface area contributed by atoms with E-state index in [1.165, 1.54) is 0 Å². The maximum atomic E-state index is 5.85. The van der Waals surface area contributed by atoms with E-state index in [9.17, 15) is 0 Å². The average molecular weight is 226 g/mol. The van der Waals surface area contributed by atoms with E-state index in [0.29, 0.717) is 17.4 Å². The number of nitrogens with zero attached hydrogens (tertiary/aromatic N) is 1. The molecule has 0 saturated carbocycles. The number of aromatic nitrogens is 1. The highest BCUT2D eigenvalue weighted by Crippen LogP contribution is 2.27. The smallest absolute Gasteiger partial charge is 0.212 e. The average Bonchev–Trinajstić information content (AvgIpc) is 2.86. The predicted molar refractivity (Wildman–Crippen MR) is 57.9 cm³/mol. The van der Waals surface area contributed by atoms with Crippen LogP contribution < -0.4 is 0 Å². The van der Waals surface area contributed by atoms with Crippen LogP contribution in [0.4, 0.5) is 0 Å². The highest BCUT2D eigenvalue weighted by Gasteiger charge is 2.13. The molecule has 0 N–H and O–H groups in total. The first-order chi connectivity index (χ1) is 7.20. The van der Waals surface area contributed by atoms with Crippen molar-refractivity contribution < 1.29 is 8.83 Å². The van der Waals surface area contributed by atoms with Gasteiger partial charge in [-0.2, -0.15) is 0 Å². The van der Waals surface area contributed by atoms with Crippen LogP contribution in [0.2, 0.25) is 0 Å². The molecule has 2 aromatic heterocycles. The van der Waals surface area contributed by atoms with Crippen molar-refractivity contribution in [3.05, 3.63) is 30.0 Å². The van der Waals surface area contributed by atoms with Gasteiger partial charge in [-0.05, 0) is 19.1 Å². The van der Waals surface area contributed by atoms with Gasteiger partial charge in [0.05, 0.1) is 6.20 Å². The molecule has 80 valence electrons. The molecular formula is C11H12ClNO2. The molecule has 0 radical (unpaired) electrons. The Hall–Kier alpha value is -1.22. The summed E-state index contributed by atoms with van der Waals surface area (Å²) in [5.41, 5.74) is 0. The van der Waals surface area contributed by atoms with Crippen molar-refractivity contribution in [3.8, 4) is 11.5 Å². The van der Waals surface area contributed by atoms with Gasteiger partial charge in [0.25, 0.3) is 0 Å². The Kier molecular flexibility index (Phi) is 2.82. The summed E-state index contributed by atoms with van der Waals surface area (Å²) in [6.07, 6.45) is 2.50. The van der Waals surface area contributed by atoms with Crippen LogP contribution >= 0.6 is 11.6 Å². The van der Waals surface area contributed by atoms with Gasteiger partial charge < -0.3 is 8.83 Å². The molecule has 0 aliphatic carbocycles. The number of furan rings is 1. The second-order valence-corrected chi connectivity index (χ2v) is 3.95. The van der Waals surface area contributed by atoms with Crippen molar-refractivity contribution in [2.75, 3.05) is 0 Å². The zero-order valence-electron chi connectivity index (χ0n) is 8.66. The molecule has 2 aromatic rings. The van der Waals surface area contributed by atoms with Gasteiger partial charge in [0.15, 0.2) is 11.5 Å². The Bertz CT molecular complexity index is 445. The summed E-state index contributed by atoms with van der Waals surface area (Å²) in [7, 11) is 0. The summed E-state index contributed by atoms with van der Waals surface area (Å²) >= 11 is 5.85. The zero-order valence-corrected chi connectivity index (χ0v) is 9.41. The lowest BCUT2D eigenvalue weighted by molar-refractivity contribution is 0.470. The van der Waals surface area contributed by atoms with E-state index >= 15 is 0 Å². The minimum atomic E-state index is -0.223. The fraction of sp³-hybridized carbons (Fsp3) is 0.364. The van der Waals surface area contributed by atoms with Crippen molar-refractivity contribution in [1.29, 1.82) is 0 Å². The molecule has 0 amide bonds. The molecule has 4 heteroatoms. The first-order valence-corrected chi connectivity index (χ1v) is 5.33. The Morgan fingerprint density at radius 1 is 1.33 bits per heavy atom. The van der Waals surface area contributed by atoms with Crippen LogP contribution in [0.1, 0.15) is 30.9 Å². The molecule has 0 fully saturated rings. The largest absolute Gasteiger partial charge is 0.458 e. The molecule has 2 rings (SSSR count). The van der Waals surface area contributed by atoms with E-state index in [1.807, 2.05) is 26.0 Å². The van der Waals surface area contributed by atoms with Gasteiger partial charge in [0, 0.05) is 6.42 Å². The molecule has 0 aliphatic heterocycles. The van der Waals surface area contributed by atoms with Crippen LogP contribution in [0.25, 0.3) is 11.5 Å². The summed E-state index contributed by atoms with van der Waals surface area (Å²) in [5, 5.41) is -0.223. The molecular weight excluding hydrogens is 214 g/mol. The molecule has 0 bridgehead atoms. The molecule has 0 aliphatic rings. The highest BCUT2D eigenvalue weighted by molar-refractivity contribution is 6.20. The molecule has 1 atom stereocenters. The minimum absolute atomic E-state index is 0.223. The van der Waals surface area contributed by atoms with Crippen LogP contribution in [0.15, 0.2) is 27.2 Å². The number of oxazole rings is 1. The first kappa shape index (κ1) is 10.3. The molecule has 2 heterocycles. The van der Waals surface area contributed by atoms with Gasteiger partial charge in [0.2, 0.25) is 5.89 Å². The number of alkyl halides is 1. The molecule has 3 nitrogen and oxygen atoms in total. The van der Waals surface area contributed by atoms with Crippen molar-refractivity contribution in [1.82, 2.24) is 4.98 Å². The van der Waals surface area contributed by atoms with E-state index in [2.05, 4.69) is 4.98 Å². The maximum absolute atomic E-state index is 5.85. The van der Waals surface area contributed by atoms with E-state index in [4.69, 9.17) is 20.4 Å². The van der Waals surface area contributed by atoms with E-state index < -0.39 is 0 Å². The zero-order chi connectivity index (χ0) is 10.8. The molecule has 0 spiro atoms. The summed E-state index contributed by atoms with van der Waals surface area (Å²) in [4.78, 5) is 4.07. The van der Waals surface area contributed by atoms with Gasteiger partial charge in [-0.1, -0.05) is 6.92 Å². The predicted octanol–water partition coefficient (Wildman–Crippen LogP) is 3.80. The Labute approximate surface area is 93.1 Å². The summed E-state index contributed by atoms with van der Waals surface area (Å²) in [6.45, 7) is 3.85. The number of hydrogen-bond donors (Lipinski definition) is 0. The van der Waals surface area contributed by atoms with Crippen LogP contribution in [-0.4, -0.2) is 4.98 Å². The fourth-order valence-electron chi connectivity index (χ4n) is 1.29. The monoisotopic (exact) mass is 225 g/mol. The summed E-state index contributed by atoms with van der Waals surface area (Å²) < 4.78 is 11.0. The van der Waals surface area contributed by atoms with E-state index in [-0.39, 0.29) is 5.38 Å². The summed E-state index contributed by atoms with van der Waals surface area (Å²) in [6, 6.07) is 3.81. The molecule has 1 unspecified atom stereocenters. The lowest BCUT2D eigenvalue weighted by Crippen LogP contribution is -1.80. The van der Waals surface area contributed by atoms with Gasteiger partial charge in [-0.3, -0.25) is 0 Å². The van der Waals surface area contributed by atoms with Crippen LogP contribution in [-0.2, 0) is 6.42 Å². The topological polar surface area (TPSA) is 39.2 Å². The fourth-order valence-corrected chi connectivity index (χ4v) is 1.39. The van der Waals surface area contributed by atoms with Gasteiger partial charge >= 0.3 is 0 Å². The normalized spacial score (nSPS) is 13.0. The van der Waals surface area contributed by atoms with Gasteiger partial charge in [-0.15, -0.1) is 11.6 Å². The molecule has 0 aromatic carbocycles. The highest BCUT2D eigenvalue weighted by atomic mass is 35.5. The quantitative estimate of drug-likeness (QED) is 0.746. The number of halogens is 1. The van der Waals surface area contributed by atoms with Crippen LogP contribution in [0.3, 0.4) is 0 Å². The number of hydrogen-bond acceptors (Lipinski definition) is 3. The van der Waals surface area contributed by atoms with Crippen molar-refractivity contribution in [2.45, 2.75) is 25.6 Å². The van der Waals surface area contributed by atoms with Crippen molar-refractivity contribution in [2.24, 2.45) is 0 Å². The second-order valence-electron chi connectivity index (χ2n) is 3.30. The van der Waals surface area contributed by atoms with Crippen LogP contribution in [0.5, 0.6) is 0 Å². The van der Waals surface area contributed by atoms with Crippen molar-refractivity contribution >= 4 is 11.6 Å². The summed E-state index contributed by atoms with van der Waals surface area (Å²) in [5.74, 6) is 2.77. The van der Waals surface area contributed by atoms with Crippen LogP contribution in [0, 0.1) is 0 Å². The Balaban J connectivity index is 2.28. The lowest BCUT2D eigenvalue weighted by Gasteiger charge is -1.93. The van der Waals surface area contributed by atoms with Gasteiger partial charge in [-0.25, -0.2) is 4.98 Å². The lowest BCUT2D eigenvalue weighted by atomic mass is 10.3. The third-order valence-electron chi connectivity index (χ3n) is 2.12. The van der Waals surface area contributed by atoms with E-state index in [0.717, 1.165) is 12.2 Å². The molecule has 0 saturated heterocycles. The van der Waals surface area contributed by atoms with Crippen molar-refractivity contribution in [3.63, 3.8) is 0 Å². The Morgan fingerprint density at radius 3 is 2.67 bits per heavy atom. The molecule has 15 heavy (non-hydrogen) atoms. The number of rotatable bonds is 3. The number of aryl methyl sites for hydroxylation is 1. The Morgan fingerprint density at radius 2 is 2.13 bits per heavy atom. The maximum Gasteiger partial charge on any atom is 0.212 e. The van der Waals surface area contributed by atoms with Gasteiger partial charge in [0.1, 0.15) is 11.1 Å². The minimum Gasteiger partial charge on any atom is -0.458 e. The third kappa shape index (κ3) is 2.07. The first-order valence-electron chi connectivity index (χ1n) is 4.89. The third-order valence-corrected chi connectivity index (χ3v) is 2.30. The standard InChI is InChI=1S/C11H12ClNO2/c1-3-8-4-5-9(14-8)10-6-13-11(15-10)7(2)12/h4-7H,3H2,1-2H3. The SMILES string of the molecule is CCc1ccc(-c2cnc(C(C)Cl)o2)o1. The van der Waals surface area contributed by atoms with E-state index in [1.54, 1.807) is 6.20 Å².